The highest BCUT2D eigenvalue weighted by Gasteiger charge is 2.35. The van der Waals surface area contributed by atoms with Crippen molar-refractivity contribution < 1.29 is 22.7 Å². The van der Waals surface area contributed by atoms with Crippen molar-refractivity contribution >= 4 is 15.9 Å². The van der Waals surface area contributed by atoms with E-state index in [9.17, 15) is 13.2 Å². The third-order valence-corrected chi connectivity index (χ3v) is 6.95. The molecule has 7 nitrogen and oxygen atoms in total. The number of sulfonamides is 1. The largest absolute Gasteiger partial charge is 0.495 e. The van der Waals surface area contributed by atoms with Crippen LogP contribution in [0.3, 0.4) is 0 Å². The lowest BCUT2D eigenvalue weighted by molar-refractivity contribution is -0.121. The van der Waals surface area contributed by atoms with E-state index < -0.39 is 10.0 Å². The van der Waals surface area contributed by atoms with E-state index in [2.05, 4.69) is 5.32 Å². The fourth-order valence-corrected chi connectivity index (χ4v) is 5.42. The van der Waals surface area contributed by atoms with Crippen molar-refractivity contribution in [1.82, 2.24) is 9.62 Å². The monoisotopic (exact) mass is 412 g/mol. The van der Waals surface area contributed by atoms with Gasteiger partial charge in [-0.1, -0.05) is 25.3 Å². The van der Waals surface area contributed by atoms with Crippen molar-refractivity contribution in [2.24, 2.45) is 0 Å². The number of methoxy groups -OCH3 is 2. The van der Waals surface area contributed by atoms with Gasteiger partial charge in [0.2, 0.25) is 15.9 Å². The van der Waals surface area contributed by atoms with Crippen LogP contribution in [-0.2, 0) is 19.6 Å². The Labute approximate surface area is 168 Å². The molecule has 1 fully saturated rings. The van der Waals surface area contributed by atoms with Gasteiger partial charge in [-0.25, -0.2) is 8.42 Å². The summed E-state index contributed by atoms with van der Waals surface area (Å²) in [6.45, 7) is 2.66. The second kappa shape index (κ2) is 10.8. The Kier molecular flexibility index (Phi) is 8.72. The zero-order chi connectivity index (χ0) is 20.6. The van der Waals surface area contributed by atoms with Crippen LogP contribution >= 0.6 is 0 Å². The van der Waals surface area contributed by atoms with E-state index in [4.69, 9.17) is 9.47 Å². The number of rotatable bonds is 10. The summed E-state index contributed by atoms with van der Waals surface area (Å²) in [5.74, 6) is 0.00350. The maximum Gasteiger partial charge on any atom is 0.247 e. The molecule has 0 aromatic heterocycles. The number of hydrogen-bond donors (Lipinski definition) is 1. The Morgan fingerprint density at radius 3 is 2.57 bits per heavy atom. The summed E-state index contributed by atoms with van der Waals surface area (Å²) in [7, 11) is -0.812. The highest BCUT2D eigenvalue weighted by atomic mass is 32.2. The number of nitrogens with zero attached hydrogens (tertiary/aromatic N) is 1. The van der Waals surface area contributed by atoms with Gasteiger partial charge in [0.05, 0.1) is 13.7 Å². The molecule has 1 amide bonds. The van der Waals surface area contributed by atoms with Crippen LogP contribution in [0.5, 0.6) is 5.75 Å². The smallest absolute Gasteiger partial charge is 0.247 e. The molecule has 1 aliphatic rings. The van der Waals surface area contributed by atoms with Crippen molar-refractivity contribution in [3.63, 3.8) is 0 Å². The fraction of sp³-hybridized carbons (Fsp3) is 0.650. The molecule has 0 unspecified atom stereocenters. The summed E-state index contributed by atoms with van der Waals surface area (Å²) < 4.78 is 38.7. The van der Waals surface area contributed by atoms with Crippen LogP contribution in [0.25, 0.3) is 0 Å². The molecular formula is C20H32N2O5S. The summed E-state index contributed by atoms with van der Waals surface area (Å²) in [5.41, 5.74) is 0.826. The van der Waals surface area contributed by atoms with E-state index in [0.29, 0.717) is 25.3 Å². The summed E-state index contributed by atoms with van der Waals surface area (Å²) in [4.78, 5) is 12.6. The second-order valence-electron chi connectivity index (χ2n) is 7.19. The number of carbonyl (C=O) groups is 1. The van der Waals surface area contributed by atoms with Crippen molar-refractivity contribution in [2.75, 3.05) is 33.9 Å². The third-order valence-electron chi connectivity index (χ3n) is 5.03. The minimum atomic E-state index is -3.87. The van der Waals surface area contributed by atoms with Crippen LogP contribution in [0.2, 0.25) is 0 Å². The zero-order valence-electron chi connectivity index (χ0n) is 17.1. The average molecular weight is 413 g/mol. The first kappa shape index (κ1) is 22.6. The molecule has 1 aliphatic carbocycles. The van der Waals surface area contributed by atoms with Gasteiger partial charge >= 0.3 is 0 Å². The summed E-state index contributed by atoms with van der Waals surface area (Å²) in [6, 6.07) is 4.91. The molecule has 0 bridgehead atoms. The number of ether oxygens (including phenoxy) is 2. The Morgan fingerprint density at radius 2 is 1.93 bits per heavy atom. The summed E-state index contributed by atoms with van der Waals surface area (Å²) >= 11 is 0. The lowest BCUT2D eigenvalue weighted by Gasteiger charge is -2.33. The normalized spacial score (nSPS) is 15.6. The molecule has 1 aromatic carbocycles. The fourth-order valence-electron chi connectivity index (χ4n) is 3.53. The van der Waals surface area contributed by atoms with Crippen LogP contribution < -0.4 is 10.1 Å². The molecule has 0 heterocycles. The standard InChI is InChI=1S/C20H32N2O5S/c1-16-10-11-18(27-3)19(14-16)28(24,25)22(17-8-5-4-6-9-17)15-20(23)21-12-7-13-26-2/h10-11,14,17H,4-9,12-13,15H2,1-3H3,(H,21,23). The molecule has 158 valence electrons. The van der Waals surface area contributed by atoms with Gasteiger partial charge in [-0.15, -0.1) is 0 Å². The Balaban J connectivity index is 2.27. The van der Waals surface area contributed by atoms with E-state index in [1.165, 1.54) is 11.4 Å². The molecule has 0 radical (unpaired) electrons. The molecule has 0 aliphatic heterocycles. The maximum atomic E-state index is 13.5. The number of hydrogen-bond acceptors (Lipinski definition) is 5. The molecule has 0 spiro atoms. The lowest BCUT2D eigenvalue weighted by Crippen LogP contribution is -2.47. The van der Waals surface area contributed by atoms with Gasteiger partial charge in [0, 0.05) is 26.3 Å². The molecule has 28 heavy (non-hydrogen) atoms. The number of amides is 1. The molecular weight excluding hydrogens is 380 g/mol. The van der Waals surface area contributed by atoms with E-state index >= 15 is 0 Å². The van der Waals surface area contributed by atoms with E-state index in [0.717, 1.165) is 37.7 Å². The van der Waals surface area contributed by atoms with Crippen molar-refractivity contribution in [1.29, 1.82) is 0 Å². The summed E-state index contributed by atoms with van der Waals surface area (Å²) in [6.07, 6.45) is 5.26. The third kappa shape index (κ3) is 5.93. The first-order chi connectivity index (χ1) is 13.4. The number of nitrogens with one attached hydrogen (secondary N) is 1. The number of benzene rings is 1. The molecule has 8 heteroatoms. The Hall–Kier alpha value is -1.64. The first-order valence-electron chi connectivity index (χ1n) is 9.82. The van der Waals surface area contributed by atoms with Crippen molar-refractivity contribution in [3.8, 4) is 5.75 Å². The lowest BCUT2D eigenvalue weighted by atomic mass is 9.95. The predicted molar refractivity (Wildman–Crippen MR) is 108 cm³/mol. The highest BCUT2D eigenvalue weighted by Crippen LogP contribution is 2.32. The van der Waals surface area contributed by atoms with Gasteiger partial charge in [-0.3, -0.25) is 4.79 Å². The van der Waals surface area contributed by atoms with Gasteiger partial charge in [0.15, 0.2) is 0 Å². The Morgan fingerprint density at radius 1 is 1.21 bits per heavy atom. The quantitative estimate of drug-likeness (QED) is 0.597. The topological polar surface area (TPSA) is 84.9 Å². The summed E-state index contributed by atoms with van der Waals surface area (Å²) in [5, 5.41) is 2.79. The van der Waals surface area contributed by atoms with Gasteiger partial charge in [0.25, 0.3) is 0 Å². The SMILES string of the molecule is COCCCNC(=O)CN(C1CCCCC1)S(=O)(=O)c1cc(C)ccc1OC. The van der Waals surface area contributed by atoms with E-state index in [-0.39, 0.29) is 23.4 Å². The minimum absolute atomic E-state index is 0.118. The van der Waals surface area contributed by atoms with Crippen LogP contribution in [-0.4, -0.2) is 58.6 Å². The van der Waals surface area contributed by atoms with Gasteiger partial charge in [-0.2, -0.15) is 4.31 Å². The van der Waals surface area contributed by atoms with Gasteiger partial charge in [-0.05, 0) is 43.9 Å². The molecule has 1 aromatic rings. The molecule has 1 N–H and O–H groups in total. The zero-order valence-corrected chi connectivity index (χ0v) is 17.9. The second-order valence-corrected chi connectivity index (χ2v) is 9.05. The molecule has 0 saturated heterocycles. The molecule has 1 saturated carbocycles. The van der Waals surface area contributed by atoms with E-state index in [1.807, 2.05) is 13.0 Å². The van der Waals surface area contributed by atoms with E-state index in [1.54, 1.807) is 19.2 Å². The minimum Gasteiger partial charge on any atom is -0.495 e. The van der Waals surface area contributed by atoms with Gasteiger partial charge < -0.3 is 14.8 Å². The number of aryl methyl sites for hydroxylation is 1. The highest BCUT2D eigenvalue weighted by molar-refractivity contribution is 7.89. The molecule has 0 atom stereocenters. The average Bonchev–Trinajstić information content (AvgIpc) is 2.70. The van der Waals surface area contributed by atoms with Gasteiger partial charge in [0.1, 0.15) is 10.6 Å². The van der Waals surface area contributed by atoms with Crippen LogP contribution in [0.15, 0.2) is 23.1 Å². The van der Waals surface area contributed by atoms with Crippen molar-refractivity contribution in [2.45, 2.75) is 56.4 Å². The first-order valence-corrected chi connectivity index (χ1v) is 11.3. The Bertz CT molecular complexity index is 745. The van der Waals surface area contributed by atoms with Crippen LogP contribution in [0.1, 0.15) is 44.1 Å². The predicted octanol–water partition coefficient (Wildman–Crippen LogP) is 2.48. The maximum absolute atomic E-state index is 13.5. The number of carbonyl (C=O) groups excluding carboxylic acids is 1. The van der Waals surface area contributed by atoms with Crippen LogP contribution in [0.4, 0.5) is 0 Å². The van der Waals surface area contributed by atoms with Crippen molar-refractivity contribution in [3.05, 3.63) is 23.8 Å². The molecule has 2 rings (SSSR count). The van der Waals surface area contributed by atoms with Crippen LogP contribution in [0, 0.1) is 6.92 Å².